The highest BCUT2D eigenvalue weighted by atomic mass is 16.2. The van der Waals surface area contributed by atoms with Gasteiger partial charge in [-0.2, -0.15) is 0 Å². The van der Waals surface area contributed by atoms with Gasteiger partial charge in [0.2, 0.25) is 0 Å². The van der Waals surface area contributed by atoms with Crippen LogP contribution in [0.1, 0.15) is 60.9 Å². The molecule has 6 nitrogen and oxygen atoms in total. The molecule has 3 aliphatic rings. The largest absolute Gasteiger partial charge is 0.351 e. The summed E-state index contributed by atoms with van der Waals surface area (Å²) < 4.78 is 0. The van der Waals surface area contributed by atoms with Crippen LogP contribution in [-0.2, 0) is 0 Å². The number of hydrogen-bond acceptors (Lipinski definition) is 3. The molecule has 2 aliphatic heterocycles. The van der Waals surface area contributed by atoms with Crippen LogP contribution in [0.3, 0.4) is 0 Å². The van der Waals surface area contributed by atoms with E-state index >= 15 is 0 Å². The Labute approximate surface area is 161 Å². The third-order valence-electron chi connectivity index (χ3n) is 6.56. The monoisotopic (exact) mass is 370 g/mol. The van der Waals surface area contributed by atoms with Crippen LogP contribution in [0.4, 0.5) is 10.5 Å². The normalized spacial score (nSPS) is 22.4. The summed E-state index contributed by atoms with van der Waals surface area (Å²) in [6, 6.07) is 6.41. The van der Waals surface area contributed by atoms with Gasteiger partial charge in [0.05, 0.1) is 11.3 Å². The second kappa shape index (κ2) is 7.06. The van der Waals surface area contributed by atoms with Crippen LogP contribution in [-0.4, -0.2) is 48.7 Å². The summed E-state index contributed by atoms with van der Waals surface area (Å²) in [5.74, 6) is -0.00749. The van der Waals surface area contributed by atoms with Crippen LogP contribution >= 0.6 is 0 Å². The number of nitrogens with one attached hydrogen (secondary N) is 2. The predicted octanol–water partition coefficient (Wildman–Crippen LogP) is 3.01. The number of carbonyl (C=O) groups excluding carboxylic acids is 2. The number of nitrogens with zero attached hydrogens (tertiary/aromatic N) is 2. The van der Waals surface area contributed by atoms with Gasteiger partial charge in [0.25, 0.3) is 5.91 Å². The first-order valence-electron chi connectivity index (χ1n) is 10.2. The molecule has 6 heteroatoms. The zero-order valence-electron chi connectivity index (χ0n) is 16.4. The number of fused-ring (bicyclic) bond motifs is 1. The number of urea groups is 1. The molecule has 0 unspecified atom stereocenters. The Balaban J connectivity index is 1.43. The number of anilines is 1. The van der Waals surface area contributed by atoms with Gasteiger partial charge in [-0.05, 0) is 31.9 Å². The number of rotatable bonds is 1. The second-order valence-corrected chi connectivity index (χ2v) is 8.34. The summed E-state index contributed by atoms with van der Waals surface area (Å²) in [4.78, 5) is 29.4. The van der Waals surface area contributed by atoms with Crippen molar-refractivity contribution in [1.29, 1.82) is 0 Å². The van der Waals surface area contributed by atoms with Crippen molar-refractivity contribution >= 4 is 17.6 Å². The molecule has 0 radical (unpaired) electrons. The van der Waals surface area contributed by atoms with E-state index in [4.69, 9.17) is 0 Å². The highest BCUT2D eigenvalue weighted by molar-refractivity contribution is 6.02. The first-order chi connectivity index (χ1) is 13.0. The molecular formula is C21H30N4O2. The molecule has 2 fully saturated rings. The van der Waals surface area contributed by atoms with Crippen molar-refractivity contribution < 1.29 is 9.59 Å². The quantitative estimate of drug-likeness (QED) is 0.799. The Kier molecular flexibility index (Phi) is 4.74. The fourth-order valence-corrected chi connectivity index (χ4v) is 4.77. The van der Waals surface area contributed by atoms with Gasteiger partial charge in [-0.3, -0.25) is 4.79 Å². The van der Waals surface area contributed by atoms with Crippen LogP contribution in [0.15, 0.2) is 18.2 Å². The summed E-state index contributed by atoms with van der Waals surface area (Å²) in [6.07, 6.45) is 7.37. The van der Waals surface area contributed by atoms with Crippen molar-refractivity contribution in [3.05, 3.63) is 29.3 Å². The Morgan fingerprint density at radius 2 is 1.89 bits per heavy atom. The van der Waals surface area contributed by atoms with Gasteiger partial charge in [0.15, 0.2) is 0 Å². The summed E-state index contributed by atoms with van der Waals surface area (Å²) in [6.45, 7) is 3.32. The smallest absolute Gasteiger partial charge is 0.317 e. The lowest BCUT2D eigenvalue weighted by molar-refractivity contribution is 0.0808. The number of aryl methyl sites for hydroxylation is 1. The molecule has 1 aromatic carbocycles. The molecule has 1 spiro atoms. The van der Waals surface area contributed by atoms with E-state index in [9.17, 15) is 9.59 Å². The molecule has 1 aromatic rings. The van der Waals surface area contributed by atoms with Gasteiger partial charge < -0.3 is 20.4 Å². The topological polar surface area (TPSA) is 64.7 Å². The van der Waals surface area contributed by atoms with E-state index in [-0.39, 0.29) is 11.9 Å². The Hall–Kier alpha value is -2.24. The number of carbonyl (C=O) groups is 2. The number of benzene rings is 1. The van der Waals surface area contributed by atoms with E-state index in [0.717, 1.165) is 42.5 Å². The minimum Gasteiger partial charge on any atom is -0.351 e. The van der Waals surface area contributed by atoms with Crippen molar-refractivity contribution in [2.75, 3.05) is 25.0 Å². The zero-order valence-corrected chi connectivity index (χ0v) is 16.4. The maximum atomic E-state index is 12.7. The first kappa shape index (κ1) is 18.1. The molecule has 1 saturated carbocycles. The Morgan fingerprint density at radius 3 is 2.59 bits per heavy atom. The standard InChI is InChI=1S/C21H30N4O2/c1-15-8-9-18-17(14-15)19(26)23-21(24(18)2)10-12-25(13-11-21)20(27)22-16-6-4-3-5-7-16/h8-9,14,16H,3-7,10-13H2,1-2H3,(H,22,27)(H,23,26). The van der Waals surface area contributed by atoms with Gasteiger partial charge in [-0.15, -0.1) is 0 Å². The van der Waals surface area contributed by atoms with Gasteiger partial charge >= 0.3 is 6.03 Å². The molecule has 4 rings (SSSR count). The maximum Gasteiger partial charge on any atom is 0.317 e. The predicted molar refractivity (Wildman–Crippen MR) is 106 cm³/mol. The van der Waals surface area contributed by atoms with Gasteiger partial charge in [-0.1, -0.05) is 30.9 Å². The third-order valence-corrected chi connectivity index (χ3v) is 6.56. The minimum absolute atomic E-state index is 0.00749. The number of amides is 3. The Bertz CT molecular complexity index is 734. The van der Waals surface area contributed by atoms with Gasteiger partial charge in [-0.25, -0.2) is 4.79 Å². The summed E-state index contributed by atoms with van der Waals surface area (Å²) in [5, 5.41) is 6.44. The lowest BCUT2D eigenvalue weighted by atomic mass is 9.90. The molecular weight excluding hydrogens is 340 g/mol. The summed E-state index contributed by atoms with van der Waals surface area (Å²) >= 11 is 0. The average molecular weight is 370 g/mol. The molecule has 0 bridgehead atoms. The van der Waals surface area contributed by atoms with Gasteiger partial charge in [0.1, 0.15) is 5.66 Å². The molecule has 0 atom stereocenters. The molecule has 0 aromatic heterocycles. The van der Waals surface area contributed by atoms with E-state index in [0.29, 0.717) is 19.1 Å². The average Bonchev–Trinajstić information content (AvgIpc) is 2.67. The highest BCUT2D eigenvalue weighted by Crippen LogP contribution is 2.36. The number of hydrogen-bond donors (Lipinski definition) is 2. The van der Waals surface area contributed by atoms with E-state index in [2.05, 4.69) is 15.5 Å². The van der Waals surface area contributed by atoms with Crippen LogP contribution in [0.5, 0.6) is 0 Å². The summed E-state index contributed by atoms with van der Waals surface area (Å²) in [5.41, 5.74) is 2.40. The van der Waals surface area contributed by atoms with E-state index in [1.807, 2.05) is 37.1 Å². The van der Waals surface area contributed by atoms with Crippen molar-refractivity contribution in [3.63, 3.8) is 0 Å². The Morgan fingerprint density at radius 1 is 1.19 bits per heavy atom. The lowest BCUT2D eigenvalue weighted by Gasteiger charge is -2.51. The fraction of sp³-hybridized carbons (Fsp3) is 0.619. The molecule has 146 valence electrons. The first-order valence-corrected chi connectivity index (χ1v) is 10.2. The number of piperidine rings is 1. The fourth-order valence-electron chi connectivity index (χ4n) is 4.77. The zero-order chi connectivity index (χ0) is 19.0. The maximum absolute atomic E-state index is 12.7. The van der Waals surface area contributed by atoms with E-state index in [1.54, 1.807) is 0 Å². The molecule has 27 heavy (non-hydrogen) atoms. The molecule has 1 saturated heterocycles. The van der Waals surface area contributed by atoms with Crippen molar-refractivity contribution in [1.82, 2.24) is 15.5 Å². The molecule has 3 amide bonds. The van der Waals surface area contributed by atoms with Crippen molar-refractivity contribution in [2.24, 2.45) is 0 Å². The third kappa shape index (κ3) is 3.37. The SMILES string of the molecule is Cc1ccc2c(c1)C(=O)NC1(CCN(C(=O)NC3CCCCC3)CC1)N2C. The van der Waals surface area contributed by atoms with Crippen LogP contribution in [0, 0.1) is 6.92 Å². The van der Waals surface area contributed by atoms with E-state index in [1.165, 1.54) is 19.3 Å². The van der Waals surface area contributed by atoms with Crippen LogP contribution < -0.4 is 15.5 Å². The molecule has 1 aliphatic carbocycles. The minimum atomic E-state index is -0.402. The van der Waals surface area contributed by atoms with Gasteiger partial charge in [0, 0.05) is 39.0 Å². The summed E-state index contributed by atoms with van der Waals surface area (Å²) in [7, 11) is 2.05. The second-order valence-electron chi connectivity index (χ2n) is 8.34. The highest BCUT2D eigenvalue weighted by Gasteiger charge is 2.44. The van der Waals surface area contributed by atoms with Crippen molar-refractivity contribution in [3.8, 4) is 0 Å². The van der Waals surface area contributed by atoms with E-state index < -0.39 is 5.66 Å². The molecule has 2 heterocycles. The molecule has 2 N–H and O–H groups in total. The van der Waals surface area contributed by atoms with Crippen LogP contribution in [0.25, 0.3) is 0 Å². The van der Waals surface area contributed by atoms with Crippen molar-refractivity contribution in [2.45, 2.75) is 63.6 Å². The number of likely N-dealkylation sites (tertiary alicyclic amines) is 1. The lowest BCUT2D eigenvalue weighted by Crippen LogP contribution is -2.67. The van der Waals surface area contributed by atoms with Crippen LogP contribution in [0.2, 0.25) is 0 Å².